The van der Waals surface area contributed by atoms with Gasteiger partial charge in [-0.05, 0) is 25.7 Å². The van der Waals surface area contributed by atoms with E-state index < -0.39 is 0 Å². The van der Waals surface area contributed by atoms with E-state index in [0.29, 0.717) is 6.42 Å². The molecule has 0 aromatic carbocycles. The molecule has 84 valence electrons. The van der Waals surface area contributed by atoms with Crippen molar-refractivity contribution in [3.8, 4) is 0 Å². The molecule has 0 aliphatic carbocycles. The van der Waals surface area contributed by atoms with Gasteiger partial charge in [-0.3, -0.25) is 9.63 Å². The zero-order valence-corrected chi connectivity index (χ0v) is 10.2. The standard InChI is InChI=1S/C9H17NO2.C2H6/c1-8(2)5-7(11)10-12-9(3,4)6-8;1-2/h5-6H2,1-4H3,(H,10,11);1-2H3. The Balaban J connectivity index is 0.000000791. The number of carbonyl (C=O) groups excluding carboxylic acids is 1. The van der Waals surface area contributed by atoms with Crippen LogP contribution < -0.4 is 5.48 Å². The van der Waals surface area contributed by atoms with E-state index in [9.17, 15) is 4.79 Å². The van der Waals surface area contributed by atoms with Crippen LogP contribution in [0.25, 0.3) is 0 Å². The molecule has 1 amide bonds. The molecule has 0 saturated carbocycles. The number of carbonyl (C=O) groups is 1. The number of hydrogen-bond donors (Lipinski definition) is 1. The highest BCUT2D eigenvalue weighted by atomic mass is 16.7. The second-order valence-electron chi connectivity index (χ2n) is 4.90. The molecule has 0 bridgehead atoms. The van der Waals surface area contributed by atoms with E-state index >= 15 is 0 Å². The molecule has 0 unspecified atom stereocenters. The molecule has 1 fully saturated rings. The molecule has 1 aliphatic rings. The maximum Gasteiger partial charge on any atom is 0.244 e. The van der Waals surface area contributed by atoms with E-state index in [1.807, 2.05) is 27.7 Å². The summed E-state index contributed by atoms with van der Waals surface area (Å²) in [6.07, 6.45) is 1.43. The summed E-state index contributed by atoms with van der Waals surface area (Å²) in [5.74, 6) is -0.0226. The second kappa shape index (κ2) is 4.78. The van der Waals surface area contributed by atoms with Gasteiger partial charge in [-0.15, -0.1) is 0 Å². The molecule has 0 aromatic rings. The summed E-state index contributed by atoms with van der Waals surface area (Å²) in [6, 6.07) is 0. The molecule has 0 atom stereocenters. The third-order valence-electron chi connectivity index (χ3n) is 1.98. The highest BCUT2D eigenvalue weighted by molar-refractivity contribution is 5.75. The Morgan fingerprint density at radius 1 is 1.21 bits per heavy atom. The molecule has 1 N–H and O–H groups in total. The van der Waals surface area contributed by atoms with E-state index in [0.717, 1.165) is 6.42 Å². The fraction of sp³-hybridized carbons (Fsp3) is 0.909. The largest absolute Gasteiger partial charge is 0.273 e. The first-order chi connectivity index (χ1) is 6.31. The highest BCUT2D eigenvalue weighted by Gasteiger charge is 2.35. The summed E-state index contributed by atoms with van der Waals surface area (Å²) in [4.78, 5) is 16.4. The molecule has 3 nitrogen and oxygen atoms in total. The van der Waals surface area contributed by atoms with E-state index in [2.05, 4.69) is 19.3 Å². The van der Waals surface area contributed by atoms with Gasteiger partial charge in [-0.2, -0.15) is 0 Å². The minimum absolute atomic E-state index is 0.0226. The zero-order chi connectivity index (χ0) is 11.4. The Hall–Kier alpha value is -0.570. The fourth-order valence-corrected chi connectivity index (χ4v) is 1.92. The van der Waals surface area contributed by atoms with Crippen LogP contribution in [0.15, 0.2) is 0 Å². The van der Waals surface area contributed by atoms with Crippen LogP contribution in [0, 0.1) is 5.41 Å². The minimum Gasteiger partial charge on any atom is -0.273 e. The summed E-state index contributed by atoms with van der Waals surface area (Å²) in [5, 5.41) is 0. The number of nitrogens with one attached hydrogen (secondary N) is 1. The Bertz CT molecular complexity index is 197. The first-order valence-electron chi connectivity index (χ1n) is 5.28. The van der Waals surface area contributed by atoms with Crippen LogP contribution >= 0.6 is 0 Å². The average molecular weight is 201 g/mol. The van der Waals surface area contributed by atoms with Crippen molar-refractivity contribution in [3.63, 3.8) is 0 Å². The lowest BCUT2D eigenvalue weighted by atomic mass is 9.79. The molecule has 3 heteroatoms. The molecule has 0 spiro atoms. The Labute approximate surface area is 87.2 Å². The molecular weight excluding hydrogens is 178 g/mol. The second-order valence-corrected chi connectivity index (χ2v) is 4.90. The fourth-order valence-electron chi connectivity index (χ4n) is 1.92. The summed E-state index contributed by atoms with van der Waals surface area (Å²) in [6.45, 7) is 12.1. The molecule has 1 heterocycles. The normalized spacial score (nSPS) is 24.0. The molecule has 1 rings (SSSR count). The lowest BCUT2D eigenvalue weighted by molar-refractivity contribution is -0.143. The van der Waals surface area contributed by atoms with Gasteiger partial charge in [0.15, 0.2) is 0 Å². The molecule has 14 heavy (non-hydrogen) atoms. The summed E-state index contributed by atoms with van der Waals surface area (Å²) < 4.78 is 0. The van der Waals surface area contributed by atoms with Gasteiger partial charge >= 0.3 is 0 Å². The van der Waals surface area contributed by atoms with Crippen LogP contribution in [0.1, 0.15) is 54.4 Å². The van der Waals surface area contributed by atoms with E-state index in [1.54, 1.807) is 0 Å². The molecular formula is C11H23NO2. The Kier molecular flexibility index (Phi) is 4.59. The van der Waals surface area contributed by atoms with Crippen molar-refractivity contribution in [2.75, 3.05) is 0 Å². The van der Waals surface area contributed by atoms with E-state index in [4.69, 9.17) is 4.84 Å². The van der Waals surface area contributed by atoms with Crippen LogP contribution in [0.4, 0.5) is 0 Å². The highest BCUT2D eigenvalue weighted by Crippen LogP contribution is 2.34. The van der Waals surface area contributed by atoms with Crippen molar-refractivity contribution in [2.45, 2.75) is 60.0 Å². The smallest absolute Gasteiger partial charge is 0.244 e. The molecule has 1 saturated heterocycles. The van der Waals surface area contributed by atoms with Crippen LogP contribution in [0.2, 0.25) is 0 Å². The van der Waals surface area contributed by atoms with Crippen molar-refractivity contribution < 1.29 is 9.63 Å². The van der Waals surface area contributed by atoms with Gasteiger partial charge in [0.25, 0.3) is 0 Å². The first kappa shape index (κ1) is 13.4. The number of hydrogen-bond acceptors (Lipinski definition) is 2. The lowest BCUT2D eigenvalue weighted by Gasteiger charge is -2.29. The quantitative estimate of drug-likeness (QED) is 0.654. The molecule has 0 radical (unpaired) electrons. The van der Waals surface area contributed by atoms with Crippen LogP contribution in [-0.2, 0) is 9.63 Å². The topological polar surface area (TPSA) is 38.3 Å². The van der Waals surface area contributed by atoms with E-state index in [1.165, 1.54) is 0 Å². The van der Waals surface area contributed by atoms with Gasteiger partial charge in [-0.25, -0.2) is 5.48 Å². The summed E-state index contributed by atoms with van der Waals surface area (Å²) >= 11 is 0. The van der Waals surface area contributed by atoms with E-state index in [-0.39, 0.29) is 16.9 Å². The maximum atomic E-state index is 11.2. The van der Waals surface area contributed by atoms with Crippen LogP contribution in [-0.4, -0.2) is 11.5 Å². The van der Waals surface area contributed by atoms with Gasteiger partial charge in [-0.1, -0.05) is 27.7 Å². The van der Waals surface area contributed by atoms with Crippen molar-refractivity contribution in [2.24, 2.45) is 5.41 Å². The number of rotatable bonds is 0. The molecule has 0 aromatic heterocycles. The van der Waals surface area contributed by atoms with Gasteiger partial charge in [0.2, 0.25) is 5.91 Å². The summed E-state index contributed by atoms with van der Waals surface area (Å²) in [7, 11) is 0. The third-order valence-corrected chi connectivity index (χ3v) is 1.98. The first-order valence-corrected chi connectivity index (χ1v) is 5.28. The van der Waals surface area contributed by atoms with Gasteiger partial charge in [0, 0.05) is 6.42 Å². The lowest BCUT2D eigenvalue weighted by Crippen LogP contribution is -2.32. The van der Waals surface area contributed by atoms with Crippen molar-refractivity contribution in [1.29, 1.82) is 0 Å². The Morgan fingerprint density at radius 2 is 1.71 bits per heavy atom. The molecule has 1 aliphatic heterocycles. The summed E-state index contributed by atoms with van der Waals surface area (Å²) in [5.41, 5.74) is 2.23. The Morgan fingerprint density at radius 3 is 2.21 bits per heavy atom. The van der Waals surface area contributed by atoms with Crippen LogP contribution in [0.5, 0.6) is 0 Å². The average Bonchev–Trinajstić information content (AvgIpc) is 2.10. The SMILES string of the molecule is CC.CC1(C)CC(=O)NOC(C)(C)C1. The van der Waals surface area contributed by atoms with Crippen LogP contribution in [0.3, 0.4) is 0 Å². The number of amides is 1. The monoisotopic (exact) mass is 201 g/mol. The van der Waals surface area contributed by atoms with Gasteiger partial charge in [0.05, 0.1) is 5.60 Å². The maximum absolute atomic E-state index is 11.2. The van der Waals surface area contributed by atoms with Gasteiger partial charge < -0.3 is 0 Å². The zero-order valence-electron chi connectivity index (χ0n) is 10.2. The predicted octanol–water partition coefficient (Wildman–Crippen LogP) is 2.66. The van der Waals surface area contributed by atoms with Crippen molar-refractivity contribution in [3.05, 3.63) is 0 Å². The van der Waals surface area contributed by atoms with Crippen molar-refractivity contribution in [1.82, 2.24) is 5.48 Å². The number of hydroxylamine groups is 1. The minimum atomic E-state index is -0.254. The van der Waals surface area contributed by atoms with Gasteiger partial charge in [0.1, 0.15) is 0 Å². The van der Waals surface area contributed by atoms with Crippen molar-refractivity contribution >= 4 is 5.91 Å². The predicted molar refractivity (Wildman–Crippen MR) is 57.7 cm³/mol. The third kappa shape index (κ3) is 4.61.